The number of piperidine rings is 1. The molecule has 22 heavy (non-hydrogen) atoms. The van der Waals surface area contributed by atoms with Crippen LogP contribution in [0.5, 0.6) is 0 Å². The molecular formula is C14H22N6O2. The van der Waals surface area contributed by atoms with Crippen molar-refractivity contribution in [2.24, 2.45) is 0 Å². The van der Waals surface area contributed by atoms with Gasteiger partial charge in [0.2, 0.25) is 0 Å². The van der Waals surface area contributed by atoms with Crippen LogP contribution in [-0.2, 0) is 4.79 Å². The Morgan fingerprint density at radius 1 is 1.27 bits per heavy atom. The van der Waals surface area contributed by atoms with Crippen LogP contribution in [0.3, 0.4) is 0 Å². The van der Waals surface area contributed by atoms with Gasteiger partial charge >= 0.3 is 6.03 Å². The van der Waals surface area contributed by atoms with Crippen LogP contribution >= 0.6 is 0 Å². The van der Waals surface area contributed by atoms with Crippen LogP contribution in [0.2, 0.25) is 0 Å². The largest absolute Gasteiger partial charge is 0.325 e. The molecule has 120 valence electrons. The molecule has 2 saturated heterocycles. The molecule has 1 atom stereocenters. The van der Waals surface area contributed by atoms with E-state index >= 15 is 0 Å². The predicted molar refractivity (Wildman–Crippen MR) is 79.3 cm³/mol. The summed E-state index contributed by atoms with van der Waals surface area (Å²) in [4.78, 5) is 30.6. The van der Waals surface area contributed by atoms with E-state index in [0.29, 0.717) is 25.2 Å². The summed E-state index contributed by atoms with van der Waals surface area (Å²) in [6.07, 6.45) is 1.29. The zero-order valence-electron chi connectivity index (χ0n) is 13.2. The van der Waals surface area contributed by atoms with Gasteiger partial charge in [-0.15, -0.1) is 0 Å². The van der Waals surface area contributed by atoms with Gasteiger partial charge in [0.25, 0.3) is 5.91 Å². The van der Waals surface area contributed by atoms with Crippen molar-refractivity contribution in [2.45, 2.75) is 45.2 Å². The van der Waals surface area contributed by atoms with E-state index in [9.17, 15) is 9.59 Å². The fraction of sp³-hybridized carbons (Fsp3) is 0.714. The quantitative estimate of drug-likeness (QED) is 0.775. The molecule has 0 saturated carbocycles. The number of urea groups is 1. The summed E-state index contributed by atoms with van der Waals surface area (Å²) in [5, 5.41) is 10.4. The third-order valence-corrected chi connectivity index (χ3v) is 4.47. The minimum atomic E-state index is -0.713. The molecular weight excluding hydrogens is 284 g/mol. The Kier molecular flexibility index (Phi) is 3.64. The van der Waals surface area contributed by atoms with Crippen molar-refractivity contribution >= 4 is 11.9 Å². The lowest BCUT2D eigenvalue weighted by atomic mass is 9.88. The number of aryl methyl sites for hydroxylation is 2. The molecule has 3 rings (SSSR count). The maximum Gasteiger partial charge on any atom is 0.325 e. The topological polar surface area (TPSA) is 92.2 Å². The molecule has 2 aliphatic heterocycles. The van der Waals surface area contributed by atoms with E-state index in [4.69, 9.17) is 0 Å². The van der Waals surface area contributed by atoms with Gasteiger partial charge in [-0.1, -0.05) is 0 Å². The second-order valence-corrected chi connectivity index (χ2v) is 6.18. The number of amides is 3. The van der Waals surface area contributed by atoms with Crippen LogP contribution in [-0.4, -0.2) is 56.8 Å². The fourth-order valence-corrected chi connectivity index (χ4v) is 3.33. The number of nitrogens with one attached hydrogen (secondary N) is 2. The van der Waals surface area contributed by atoms with E-state index in [0.717, 1.165) is 18.9 Å². The number of hydrogen-bond donors (Lipinski definition) is 2. The fourth-order valence-electron chi connectivity index (χ4n) is 3.33. The van der Waals surface area contributed by atoms with Crippen LogP contribution in [0, 0.1) is 13.8 Å². The molecule has 1 aromatic heterocycles. The first-order chi connectivity index (χ1) is 10.4. The van der Waals surface area contributed by atoms with E-state index in [1.54, 1.807) is 4.68 Å². The summed E-state index contributed by atoms with van der Waals surface area (Å²) in [5.41, 5.74) is -0.713. The molecule has 0 aromatic carbocycles. The smallest absolute Gasteiger partial charge is 0.323 e. The normalized spacial score (nSPS) is 22.2. The van der Waals surface area contributed by atoms with Gasteiger partial charge in [0.15, 0.2) is 0 Å². The molecule has 0 unspecified atom stereocenters. The van der Waals surface area contributed by atoms with Gasteiger partial charge in [0.1, 0.15) is 17.2 Å². The molecule has 2 N–H and O–H groups in total. The average molecular weight is 306 g/mol. The average Bonchev–Trinajstić information content (AvgIpc) is 2.92. The molecule has 0 radical (unpaired) electrons. The van der Waals surface area contributed by atoms with E-state index in [1.165, 1.54) is 4.90 Å². The summed E-state index contributed by atoms with van der Waals surface area (Å²) in [7, 11) is 0. The van der Waals surface area contributed by atoms with Crippen LogP contribution in [0.1, 0.15) is 37.5 Å². The van der Waals surface area contributed by atoms with Gasteiger partial charge in [0, 0.05) is 0 Å². The number of nitrogens with zero attached hydrogens (tertiary/aromatic N) is 4. The van der Waals surface area contributed by atoms with Gasteiger partial charge in [-0.2, -0.15) is 5.10 Å². The Balaban J connectivity index is 1.76. The van der Waals surface area contributed by atoms with Crippen LogP contribution < -0.4 is 10.6 Å². The van der Waals surface area contributed by atoms with Crippen molar-refractivity contribution in [1.29, 1.82) is 0 Å². The minimum Gasteiger partial charge on any atom is -0.323 e. The molecule has 0 aliphatic carbocycles. The summed E-state index contributed by atoms with van der Waals surface area (Å²) in [6, 6.07) is -0.402. The highest BCUT2D eigenvalue weighted by molar-refractivity contribution is 6.07. The zero-order valence-corrected chi connectivity index (χ0v) is 13.2. The Bertz CT molecular complexity index is 604. The second-order valence-electron chi connectivity index (χ2n) is 6.18. The van der Waals surface area contributed by atoms with Crippen LogP contribution in [0.15, 0.2) is 0 Å². The number of carbonyl (C=O) groups is 2. The molecule has 2 fully saturated rings. The number of imide groups is 1. The second kappa shape index (κ2) is 5.35. The first-order valence-corrected chi connectivity index (χ1v) is 7.67. The third-order valence-electron chi connectivity index (χ3n) is 4.47. The van der Waals surface area contributed by atoms with Crippen molar-refractivity contribution < 1.29 is 9.59 Å². The van der Waals surface area contributed by atoms with E-state index < -0.39 is 5.54 Å². The number of hydrogen-bond acceptors (Lipinski definition) is 5. The van der Waals surface area contributed by atoms with Gasteiger partial charge in [0.05, 0.1) is 12.6 Å². The summed E-state index contributed by atoms with van der Waals surface area (Å²) in [6.45, 7) is 7.44. The molecule has 2 aliphatic rings. The highest BCUT2D eigenvalue weighted by atomic mass is 16.2. The Hall–Kier alpha value is -1.96. The highest BCUT2D eigenvalue weighted by Crippen LogP contribution is 2.28. The summed E-state index contributed by atoms with van der Waals surface area (Å²) >= 11 is 0. The van der Waals surface area contributed by atoms with Crippen molar-refractivity contribution in [1.82, 2.24) is 30.3 Å². The lowest BCUT2D eigenvalue weighted by molar-refractivity contribution is -0.132. The van der Waals surface area contributed by atoms with E-state index in [-0.39, 0.29) is 18.0 Å². The lowest BCUT2D eigenvalue weighted by Crippen LogP contribution is -2.54. The van der Waals surface area contributed by atoms with Crippen LogP contribution in [0.25, 0.3) is 0 Å². The van der Waals surface area contributed by atoms with Gasteiger partial charge in [-0.05, 0) is 46.7 Å². The molecule has 8 nitrogen and oxygen atoms in total. The van der Waals surface area contributed by atoms with Crippen molar-refractivity contribution in [3.63, 3.8) is 0 Å². The molecule has 1 spiro atoms. The third kappa shape index (κ3) is 2.37. The molecule has 8 heteroatoms. The minimum absolute atomic E-state index is 0.104. The zero-order chi connectivity index (χ0) is 15.9. The molecule has 1 aromatic rings. The van der Waals surface area contributed by atoms with E-state index in [1.807, 2.05) is 20.8 Å². The number of carbonyl (C=O) groups excluding carboxylic acids is 2. The maximum absolute atomic E-state index is 12.7. The van der Waals surface area contributed by atoms with Gasteiger partial charge < -0.3 is 10.6 Å². The van der Waals surface area contributed by atoms with Gasteiger partial charge in [-0.25, -0.2) is 14.5 Å². The Morgan fingerprint density at radius 2 is 1.95 bits per heavy atom. The molecule has 3 amide bonds. The Labute approximate surface area is 129 Å². The Morgan fingerprint density at radius 3 is 2.55 bits per heavy atom. The maximum atomic E-state index is 12.7. The van der Waals surface area contributed by atoms with Crippen molar-refractivity contribution in [2.75, 3.05) is 19.6 Å². The molecule has 0 bridgehead atoms. The summed E-state index contributed by atoms with van der Waals surface area (Å²) in [5.74, 6) is 1.37. The number of aromatic nitrogens is 3. The highest BCUT2D eigenvalue weighted by Gasteiger charge is 2.51. The monoisotopic (exact) mass is 306 g/mol. The predicted octanol–water partition coefficient (Wildman–Crippen LogP) is 0.130. The first kappa shape index (κ1) is 15.0. The first-order valence-electron chi connectivity index (χ1n) is 7.67. The number of rotatable bonds is 3. The van der Waals surface area contributed by atoms with Crippen molar-refractivity contribution in [3.8, 4) is 0 Å². The molecule has 3 heterocycles. The van der Waals surface area contributed by atoms with Crippen LogP contribution in [0.4, 0.5) is 4.79 Å². The van der Waals surface area contributed by atoms with Gasteiger partial charge in [-0.3, -0.25) is 9.69 Å². The summed E-state index contributed by atoms with van der Waals surface area (Å²) < 4.78 is 1.77. The standard InChI is InChI=1S/C14H22N6O2/c1-9(20-11(3)16-10(2)18-20)8-19-12(21)14(17-13(19)22)4-6-15-7-5-14/h9,15H,4-8H2,1-3H3,(H,17,22)/t9-/m0/s1. The lowest BCUT2D eigenvalue weighted by Gasteiger charge is -2.31. The SMILES string of the molecule is Cc1nc(C)n([C@@H](C)CN2C(=O)NC3(CCNCC3)C2=O)n1. The van der Waals surface area contributed by atoms with Crippen molar-refractivity contribution in [3.05, 3.63) is 11.6 Å². The van der Waals surface area contributed by atoms with E-state index in [2.05, 4.69) is 20.7 Å².